The molecule has 8 heteroatoms. The maximum absolute atomic E-state index is 3.98. The van der Waals surface area contributed by atoms with Crippen LogP contribution in [0.1, 0.15) is 50.2 Å². The number of imidazole rings is 1. The van der Waals surface area contributed by atoms with Gasteiger partial charge in [-0.3, -0.25) is 15.0 Å². The zero-order valence-electron chi connectivity index (χ0n) is 19.8. The van der Waals surface area contributed by atoms with E-state index in [0.29, 0.717) is 0 Å². The first-order chi connectivity index (χ1) is 16.0. The van der Waals surface area contributed by atoms with E-state index in [1.807, 2.05) is 76.5 Å². The van der Waals surface area contributed by atoms with Crippen molar-refractivity contribution in [3.63, 3.8) is 0 Å². The molecule has 1 N–H and O–H groups in total. The molecule has 196 valence electrons. The van der Waals surface area contributed by atoms with Crippen molar-refractivity contribution in [3.05, 3.63) is 119 Å². The van der Waals surface area contributed by atoms with Gasteiger partial charge in [0.05, 0.1) is 5.01 Å². The van der Waals surface area contributed by atoms with E-state index in [1.54, 1.807) is 60.8 Å². The minimum Gasteiger partial charge on any atom is -0.349 e. The summed E-state index contributed by atoms with van der Waals surface area (Å²) >= 11 is 1.67. The summed E-state index contributed by atoms with van der Waals surface area (Å²) in [5.41, 5.74) is 2.28. The zero-order chi connectivity index (χ0) is 24.2. The normalized spacial score (nSPS) is 8.03. The monoisotopic (exact) mass is 509 g/mol. The fourth-order valence-corrected chi connectivity index (χ4v) is 2.35. The molecular weight excluding hydrogens is 466 g/mol. The Morgan fingerprint density at radius 2 is 1.33 bits per heavy atom. The van der Waals surface area contributed by atoms with Crippen LogP contribution >= 0.6 is 11.3 Å². The lowest BCUT2D eigenvalue weighted by atomic mass is 10.3. The van der Waals surface area contributed by atoms with E-state index in [0.717, 1.165) is 22.4 Å². The Balaban J connectivity index is -0.000000371. The number of rotatable bonds is 0. The Morgan fingerprint density at radius 1 is 0.639 bits per heavy atom. The lowest BCUT2D eigenvalue weighted by Crippen LogP contribution is -1.80. The molecule has 0 aromatic carbocycles. The number of aromatic nitrogens is 7. The van der Waals surface area contributed by atoms with Crippen LogP contribution in [0.15, 0.2) is 91.4 Å². The van der Waals surface area contributed by atoms with E-state index in [-0.39, 0.29) is 22.3 Å². The molecule has 0 aliphatic heterocycles. The van der Waals surface area contributed by atoms with Crippen LogP contribution in [0.3, 0.4) is 0 Å². The second kappa shape index (κ2) is 24.3. The Bertz CT molecular complexity index is 918. The second-order valence-electron chi connectivity index (χ2n) is 6.52. The molecule has 0 aliphatic carbocycles. The van der Waals surface area contributed by atoms with Crippen LogP contribution in [0, 0.1) is 34.6 Å². The molecular formula is C28H43N7S. The van der Waals surface area contributed by atoms with Crippen molar-refractivity contribution in [3.8, 4) is 0 Å². The third-order valence-electron chi connectivity index (χ3n) is 3.51. The SMILES string of the molecule is C.C.C.Cc1ccccn1.Cc1cccnc1.Cc1ncc[nH]1.Cc1ncccn1.Cc1nccs1. The number of pyridine rings is 2. The van der Waals surface area contributed by atoms with E-state index in [1.165, 1.54) is 5.56 Å². The summed E-state index contributed by atoms with van der Waals surface area (Å²) in [6, 6.07) is 11.6. The maximum Gasteiger partial charge on any atom is 0.125 e. The molecule has 0 saturated heterocycles. The number of hydrogen-bond acceptors (Lipinski definition) is 7. The first kappa shape index (κ1) is 36.8. The first-order valence-electron chi connectivity index (χ1n) is 10.3. The summed E-state index contributed by atoms with van der Waals surface area (Å²) in [5, 5.41) is 3.10. The van der Waals surface area contributed by atoms with Crippen molar-refractivity contribution in [2.75, 3.05) is 0 Å². The van der Waals surface area contributed by atoms with Crippen molar-refractivity contribution in [1.82, 2.24) is 34.9 Å². The summed E-state index contributed by atoms with van der Waals surface area (Å²) in [7, 11) is 0. The van der Waals surface area contributed by atoms with Gasteiger partial charge < -0.3 is 4.98 Å². The predicted molar refractivity (Wildman–Crippen MR) is 155 cm³/mol. The van der Waals surface area contributed by atoms with Crippen LogP contribution in [0.2, 0.25) is 0 Å². The number of H-pyrrole nitrogens is 1. The van der Waals surface area contributed by atoms with Gasteiger partial charge in [-0.1, -0.05) is 34.4 Å². The van der Waals surface area contributed by atoms with Crippen molar-refractivity contribution < 1.29 is 0 Å². The Labute approximate surface area is 222 Å². The Hall–Kier alpha value is -3.78. The average Bonchev–Trinajstić information content (AvgIpc) is 3.51. The molecule has 0 atom stereocenters. The van der Waals surface area contributed by atoms with Crippen LogP contribution in [0.25, 0.3) is 0 Å². The van der Waals surface area contributed by atoms with Crippen LogP contribution in [0.5, 0.6) is 0 Å². The minimum atomic E-state index is 0. The summed E-state index contributed by atoms with van der Waals surface area (Å²) in [5.74, 6) is 1.79. The number of thiazole rings is 1. The second-order valence-corrected chi connectivity index (χ2v) is 7.62. The Kier molecular flexibility index (Phi) is 24.9. The van der Waals surface area contributed by atoms with Gasteiger partial charge in [-0.25, -0.2) is 15.0 Å². The lowest BCUT2D eigenvalue weighted by molar-refractivity contribution is 1.05. The molecule has 0 aliphatic rings. The standard InChI is InChI=1S/2C6H7N.C5H6N2.C4H6N2.C4H5NS.3CH4/c1-6-3-2-4-7-5-6;1-6-4-2-3-5-7-6;1-5-6-3-2-4-7-5;2*1-4-5-2-3-6-4;;;/h2*2-5H,1H3;2-4H,1H3;2-3H,1H3,(H,5,6);2-3H,1H3;3*1H4. The van der Waals surface area contributed by atoms with Crippen LogP contribution in [0.4, 0.5) is 0 Å². The number of hydrogen-bond donors (Lipinski definition) is 1. The zero-order valence-corrected chi connectivity index (χ0v) is 20.6. The van der Waals surface area contributed by atoms with Crippen molar-refractivity contribution in [1.29, 1.82) is 0 Å². The molecule has 0 spiro atoms. The van der Waals surface area contributed by atoms with Crippen LogP contribution in [-0.4, -0.2) is 34.9 Å². The quantitative estimate of drug-likeness (QED) is 0.230. The molecule has 0 saturated carbocycles. The molecule has 5 heterocycles. The molecule has 0 bridgehead atoms. The summed E-state index contributed by atoms with van der Waals surface area (Å²) < 4.78 is 0. The average molecular weight is 510 g/mol. The van der Waals surface area contributed by atoms with Crippen molar-refractivity contribution in [2.45, 2.75) is 56.9 Å². The molecule has 0 radical (unpaired) electrons. The molecule has 0 unspecified atom stereocenters. The van der Waals surface area contributed by atoms with Gasteiger partial charge >= 0.3 is 0 Å². The molecule has 5 aromatic heterocycles. The highest BCUT2D eigenvalue weighted by Gasteiger charge is 1.77. The lowest BCUT2D eigenvalue weighted by Gasteiger charge is -1.82. The topological polar surface area (TPSA) is 93.1 Å². The smallest absolute Gasteiger partial charge is 0.125 e. The van der Waals surface area contributed by atoms with Crippen molar-refractivity contribution >= 4 is 11.3 Å². The van der Waals surface area contributed by atoms with Gasteiger partial charge in [0.15, 0.2) is 0 Å². The largest absolute Gasteiger partial charge is 0.349 e. The summed E-state index contributed by atoms with van der Waals surface area (Å²) in [6.45, 7) is 9.76. The van der Waals surface area contributed by atoms with Gasteiger partial charge in [0.1, 0.15) is 11.6 Å². The molecule has 5 rings (SSSR count). The predicted octanol–water partition coefficient (Wildman–Crippen LogP) is 7.64. The minimum absolute atomic E-state index is 0. The molecule has 36 heavy (non-hydrogen) atoms. The van der Waals surface area contributed by atoms with Gasteiger partial charge in [0, 0.05) is 60.6 Å². The molecule has 0 amide bonds. The summed E-state index contributed by atoms with van der Waals surface area (Å²) in [4.78, 5) is 26.3. The van der Waals surface area contributed by atoms with E-state index < -0.39 is 0 Å². The fourth-order valence-electron chi connectivity index (χ4n) is 1.91. The van der Waals surface area contributed by atoms with Crippen LogP contribution < -0.4 is 0 Å². The van der Waals surface area contributed by atoms with Crippen molar-refractivity contribution in [2.24, 2.45) is 0 Å². The third-order valence-corrected chi connectivity index (χ3v) is 4.21. The van der Waals surface area contributed by atoms with Gasteiger partial charge in [-0.05, 0) is 64.4 Å². The number of aryl methyl sites for hydroxylation is 5. The van der Waals surface area contributed by atoms with Crippen LogP contribution in [-0.2, 0) is 0 Å². The van der Waals surface area contributed by atoms with Gasteiger partial charge in [-0.15, -0.1) is 11.3 Å². The van der Waals surface area contributed by atoms with Gasteiger partial charge in [-0.2, -0.15) is 0 Å². The van der Waals surface area contributed by atoms with E-state index >= 15 is 0 Å². The molecule has 0 fully saturated rings. The highest BCUT2D eigenvalue weighted by molar-refractivity contribution is 7.09. The number of aromatic amines is 1. The van der Waals surface area contributed by atoms with E-state index in [9.17, 15) is 0 Å². The van der Waals surface area contributed by atoms with E-state index in [2.05, 4.69) is 34.9 Å². The fraction of sp³-hybridized carbons (Fsp3) is 0.286. The van der Waals surface area contributed by atoms with Gasteiger partial charge in [0.2, 0.25) is 0 Å². The number of nitrogens with zero attached hydrogens (tertiary/aromatic N) is 6. The molecule has 5 aromatic rings. The third kappa shape index (κ3) is 22.0. The maximum atomic E-state index is 3.98. The number of nitrogens with one attached hydrogen (secondary N) is 1. The Morgan fingerprint density at radius 3 is 1.56 bits per heavy atom. The summed E-state index contributed by atoms with van der Waals surface area (Å²) in [6.07, 6.45) is 14.2. The van der Waals surface area contributed by atoms with E-state index in [4.69, 9.17) is 0 Å². The highest BCUT2D eigenvalue weighted by atomic mass is 32.1. The highest BCUT2D eigenvalue weighted by Crippen LogP contribution is 1.98. The van der Waals surface area contributed by atoms with Gasteiger partial charge in [0.25, 0.3) is 0 Å². The first-order valence-corrected chi connectivity index (χ1v) is 11.1. The molecule has 7 nitrogen and oxygen atoms in total.